The number of anilines is 1. The molecule has 2 rings (SSSR count). The molecule has 23 heavy (non-hydrogen) atoms. The molecule has 0 aliphatic heterocycles. The Hall–Kier alpha value is -2.25. The first-order valence-corrected chi connectivity index (χ1v) is 8.43. The summed E-state index contributed by atoms with van der Waals surface area (Å²) in [5.74, 6) is -0.386. The zero-order valence-electron chi connectivity index (χ0n) is 12.5. The second-order valence-electron chi connectivity index (χ2n) is 4.88. The Morgan fingerprint density at radius 2 is 1.78 bits per heavy atom. The van der Waals surface area contributed by atoms with Gasteiger partial charge in [0, 0.05) is 34.2 Å². The van der Waals surface area contributed by atoms with Crippen molar-refractivity contribution in [3.8, 4) is 0 Å². The van der Waals surface area contributed by atoms with Crippen molar-refractivity contribution in [2.75, 3.05) is 18.1 Å². The van der Waals surface area contributed by atoms with E-state index in [4.69, 9.17) is 0 Å². The van der Waals surface area contributed by atoms with Crippen molar-refractivity contribution in [3.63, 3.8) is 0 Å². The quantitative estimate of drug-likeness (QED) is 0.785. The molecule has 122 valence electrons. The summed E-state index contributed by atoms with van der Waals surface area (Å²) in [6, 6.07) is 11.6. The zero-order chi connectivity index (χ0) is 16.8. The normalized spacial score (nSPS) is 13.2. The fourth-order valence-electron chi connectivity index (χ4n) is 1.90. The van der Waals surface area contributed by atoms with Gasteiger partial charge in [0.1, 0.15) is 5.82 Å². The number of benzene rings is 2. The number of carbonyl (C=O) groups excluding carboxylic acids is 1. The van der Waals surface area contributed by atoms with E-state index in [0.717, 1.165) is 0 Å². The molecule has 3 N–H and O–H groups in total. The molecule has 2 amide bonds. The SMILES string of the molecule is CS(=O)c1ccc(NC(=O)NCC(O)c2ccc(F)cc2)cc1. The summed E-state index contributed by atoms with van der Waals surface area (Å²) < 4.78 is 24.1. The van der Waals surface area contributed by atoms with Crippen LogP contribution in [0.4, 0.5) is 14.9 Å². The Bertz CT molecular complexity index is 689. The highest BCUT2D eigenvalue weighted by Crippen LogP contribution is 2.13. The molecule has 0 saturated heterocycles. The molecular weight excluding hydrogens is 319 g/mol. The summed E-state index contributed by atoms with van der Waals surface area (Å²) in [7, 11) is -1.07. The number of aliphatic hydroxyl groups excluding tert-OH is 1. The number of nitrogens with one attached hydrogen (secondary N) is 2. The highest BCUT2D eigenvalue weighted by molar-refractivity contribution is 7.84. The number of rotatable bonds is 5. The Kier molecular flexibility index (Phi) is 5.84. The van der Waals surface area contributed by atoms with Gasteiger partial charge in [-0.2, -0.15) is 0 Å². The summed E-state index contributed by atoms with van der Waals surface area (Å²) in [5, 5.41) is 15.1. The second kappa shape index (κ2) is 7.85. The van der Waals surface area contributed by atoms with E-state index in [-0.39, 0.29) is 12.4 Å². The second-order valence-corrected chi connectivity index (χ2v) is 6.26. The van der Waals surface area contributed by atoms with E-state index in [1.54, 1.807) is 30.5 Å². The van der Waals surface area contributed by atoms with Gasteiger partial charge in [-0.25, -0.2) is 9.18 Å². The van der Waals surface area contributed by atoms with Crippen LogP contribution in [0.1, 0.15) is 11.7 Å². The maximum absolute atomic E-state index is 12.8. The molecule has 0 bridgehead atoms. The van der Waals surface area contributed by atoms with Gasteiger partial charge < -0.3 is 15.7 Å². The molecule has 0 spiro atoms. The molecule has 0 aromatic heterocycles. The van der Waals surface area contributed by atoms with Gasteiger partial charge in [0.25, 0.3) is 0 Å². The number of hydrogen-bond acceptors (Lipinski definition) is 3. The third kappa shape index (κ3) is 5.15. The first-order chi connectivity index (χ1) is 11.0. The lowest BCUT2D eigenvalue weighted by Crippen LogP contribution is -2.32. The van der Waals surface area contributed by atoms with Crippen LogP contribution in [-0.2, 0) is 10.8 Å². The Balaban J connectivity index is 1.84. The van der Waals surface area contributed by atoms with Crippen LogP contribution in [0.15, 0.2) is 53.4 Å². The van der Waals surface area contributed by atoms with Crippen molar-refractivity contribution in [1.29, 1.82) is 0 Å². The molecule has 0 radical (unpaired) electrons. The van der Waals surface area contributed by atoms with E-state index in [1.807, 2.05) is 0 Å². The van der Waals surface area contributed by atoms with Crippen LogP contribution >= 0.6 is 0 Å². The number of hydrogen-bond donors (Lipinski definition) is 3. The zero-order valence-corrected chi connectivity index (χ0v) is 13.3. The van der Waals surface area contributed by atoms with Gasteiger partial charge in [-0.05, 0) is 42.0 Å². The molecule has 2 unspecified atom stereocenters. The molecular formula is C16H17FN2O3S. The predicted molar refractivity (Wildman–Crippen MR) is 87.2 cm³/mol. The van der Waals surface area contributed by atoms with Gasteiger partial charge in [0.15, 0.2) is 0 Å². The summed E-state index contributed by atoms with van der Waals surface area (Å²) >= 11 is 0. The van der Waals surface area contributed by atoms with Gasteiger partial charge in [-0.1, -0.05) is 12.1 Å². The standard InChI is InChI=1S/C16H17FN2O3S/c1-23(22)14-8-6-13(7-9-14)19-16(21)18-10-15(20)11-2-4-12(17)5-3-11/h2-9,15,20H,10H2,1H3,(H2,18,19,21). The van der Waals surface area contributed by atoms with Crippen LogP contribution in [0.25, 0.3) is 0 Å². The third-order valence-electron chi connectivity index (χ3n) is 3.15. The first kappa shape index (κ1) is 17.1. The lowest BCUT2D eigenvalue weighted by Gasteiger charge is -2.13. The van der Waals surface area contributed by atoms with E-state index in [9.17, 15) is 18.5 Å². The fourth-order valence-corrected chi connectivity index (χ4v) is 2.42. The number of urea groups is 1. The average molecular weight is 336 g/mol. The number of aliphatic hydroxyl groups is 1. The van der Waals surface area contributed by atoms with Crippen molar-refractivity contribution in [1.82, 2.24) is 5.32 Å². The maximum atomic E-state index is 12.8. The fraction of sp³-hybridized carbons (Fsp3) is 0.188. The highest BCUT2D eigenvalue weighted by Gasteiger charge is 2.10. The van der Waals surface area contributed by atoms with Gasteiger partial charge in [0.05, 0.1) is 6.10 Å². The average Bonchev–Trinajstić information content (AvgIpc) is 2.54. The highest BCUT2D eigenvalue weighted by atomic mass is 32.2. The molecule has 0 aliphatic rings. The van der Waals surface area contributed by atoms with Gasteiger partial charge in [0.2, 0.25) is 0 Å². The van der Waals surface area contributed by atoms with Gasteiger partial charge in [-0.3, -0.25) is 4.21 Å². The molecule has 2 atom stereocenters. The summed E-state index contributed by atoms with van der Waals surface area (Å²) in [6.07, 6.45) is 0.651. The third-order valence-corrected chi connectivity index (χ3v) is 4.09. The van der Waals surface area contributed by atoms with Crippen molar-refractivity contribution in [3.05, 3.63) is 59.9 Å². The predicted octanol–water partition coefficient (Wildman–Crippen LogP) is 2.42. The molecule has 0 saturated carbocycles. The van der Waals surface area contributed by atoms with Crippen LogP contribution in [-0.4, -0.2) is 28.1 Å². The lowest BCUT2D eigenvalue weighted by molar-refractivity contribution is 0.175. The molecule has 2 aromatic rings. The molecule has 5 nitrogen and oxygen atoms in total. The summed E-state index contributed by atoms with van der Waals surface area (Å²) in [4.78, 5) is 12.4. The van der Waals surface area contributed by atoms with Crippen molar-refractivity contribution in [2.24, 2.45) is 0 Å². The lowest BCUT2D eigenvalue weighted by atomic mass is 10.1. The molecule has 0 aliphatic carbocycles. The minimum Gasteiger partial charge on any atom is -0.387 e. The van der Waals surface area contributed by atoms with Crippen LogP contribution in [0.5, 0.6) is 0 Å². The van der Waals surface area contributed by atoms with E-state index in [2.05, 4.69) is 10.6 Å². The summed E-state index contributed by atoms with van der Waals surface area (Å²) in [6.45, 7) is -0.00543. The van der Waals surface area contributed by atoms with Crippen LogP contribution in [0.3, 0.4) is 0 Å². The monoisotopic (exact) mass is 336 g/mol. The van der Waals surface area contributed by atoms with E-state index in [0.29, 0.717) is 16.1 Å². The molecule has 7 heteroatoms. The van der Waals surface area contributed by atoms with Crippen molar-refractivity contribution >= 4 is 22.5 Å². The minimum atomic E-state index is -1.07. The molecule has 0 fully saturated rings. The largest absolute Gasteiger partial charge is 0.387 e. The molecule has 0 heterocycles. The minimum absolute atomic E-state index is 0.00543. The van der Waals surface area contributed by atoms with E-state index in [1.165, 1.54) is 24.3 Å². The van der Waals surface area contributed by atoms with Crippen molar-refractivity contribution < 1.29 is 18.5 Å². The number of halogens is 1. The maximum Gasteiger partial charge on any atom is 0.319 e. The number of amides is 2. The summed E-state index contributed by atoms with van der Waals surface area (Å²) in [5.41, 5.74) is 1.06. The molecule has 2 aromatic carbocycles. The van der Waals surface area contributed by atoms with Crippen LogP contribution in [0, 0.1) is 5.82 Å². The Labute approximate surface area is 136 Å². The van der Waals surface area contributed by atoms with E-state index >= 15 is 0 Å². The first-order valence-electron chi connectivity index (χ1n) is 6.87. The Morgan fingerprint density at radius 3 is 2.35 bits per heavy atom. The van der Waals surface area contributed by atoms with Gasteiger partial charge >= 0.3 is 6.03 Å². The van der Waals surface area contributed by atoms with Gasteiger partial charge in [-0.15, -0.1) is 0 Å². The Morgan fingerprint density at radius 1 is 1.17 bits per heavy atom. The number of carbonyl (C=O) groups is 1. The van der Waals surface area contributed by atoms with Crippen LogP contribution < -0.4 is 10.6 Å². The van der Waals surface area contributed by atoms with Crippen molar-refractivity contribution in [2.45, 2.75) is 11.0 Å². The van der Waals surface area contributed by atoms with E-state index < -0.39 is 22.9 Å². The smallest absolute Gasteiger partial charge is 0.319 e. The van der Waals surface area contributed by atoms with Crippen LogP contribution in [0.2, 0.25) is 0 Å². The topological polar surface area (TPSA) is 78.4 Å².